The van der Waals surface area contributed by atoms with Gasteiger partial charge in [0.25, 0.3) is 0 Å². The van der Waals surface area contributed by atoms with E-state index in [1.165, 1.54) is 6.07 Å². The van der Waals surface area contributed by atoms with Crippen molar-refractivity contribution < 1.29 is 13.9 Å². The highest BCUT2D eigenvalue weighted by molar-refractivity contribution is 5.91. The van der Waals surface area contributed by atoms with Crippen molar-refractivity contribution in [2.24, 2.45) is 0 Å². The summed E-state index contributed by atoms with van der Waals surface area (Å²) in [5.41, 5.74) is 3.08. The molecule has 7 heteroatoms. The van der Waals surface area contributed by atoms with Crippen molar-refractivity contribution in [3.63, 3.8) is 0 Å². The van der Waals surface area contributed by atoms with E-state index in [9.17, 15) is 14.7 Å². The Morgan fingerprint density at radius 2 is 1.74 bits per heavy atom. The molecule has 0 aliphatic rings. The van der Waals surface area contributed by atoms with E-state index in [2.05, 4.69) is 5.10 Å². The van der Waals surface area contributed by atoms with Gasteiger partial charge in [-0.2, -0.15) is 5.10 Å². The van der Waals surface area contributed by atoms with Crippen molar-refractivity contribution in [1.29, 1.82) is 0 Å². The van der Waals surface area contributed by atoms with Gasteiger partial charge in [0.05, 0.1) is 22.5 Å². The second-order valence-electron chi connectivity index (χ2n) is 7.58. The number of nitrogens with zero attached hydrogens (tertiary/aromatic N) is 2. The topological polar surface area (TPSA) is 98.5 Å². The summed E-state index contributed by atoms with van der Waals surface area (Å²) in [5.74, 6) is -0.152. The molecular weight excluding hydrogens is 396 g/mol. The molecule has 7 nitrogen and oxygen atoms in total. The number of hydrogen-bond donors (Lipinski definition) is 1. The van der Waals surface area contributed by atoms with Crippen LogP contribution in [0.15, 0.2) is 67.0 Å². The Balaban J connectivity index is 1.82. The van der Waals surface area contributed by atoms with Crippen molar-refractivity contribution >= 4 is 21.9 Å². The molecule has 0 aliphatic heterocycles. The molecule has 0 saturated carbocycles. The second kappa shape index (κ2) is 6.70. The Labute approximate surface area is 175 Å². The summed E-state index contributed by atoms with van der Waals surface area (Å²) < 4.78 is 12.4. The molecule has 0 atom stereocenters. The monoisotopic (exact) mass is 414 g/mol. The molecule has 31 heavy (non-hydrogen) atoms. The summed E-state index contributed by atoms with van der Waals surface area (Å²) >= 11 is 0. The average Bonchev–Trinajstić information content (AvgIpc) is 3.09. The van der Waals surface area contributed by atoms with E-state index in [0.29, 0.717) is 39.0 Å². The first kappa shape index (κ1) is 18.9. The number of para-hydroxylation sites is 1. The lowest BCUT2D eigenvalue weighted by Crippen LogP contribution is -2.09. The summed E-state index contributed by atoms with van der Waals surface area (Å²) in [6, 6.07) is 13.6. The summed E-state index contributed by atoms with van der Waals surface area (Å²) in [5, 5.41) is 16.7. The van der Waals surface area contributed by atoms with Crippen LogP contribution in [0.4, 0.5) is 0 Å². The van der Waals surface area contributed by atoms with Gasteiger partial charge in [0.15, 0.2) is 0 Å². The Bertz CT molecular complexity index is 1620. The van der Waals surface area contributed by atoms with Crippen LogP contribution in [0, 0.1) is 20.8 Å². The van der Waals surface area contributed by atoms with Crippen LogP contribution in [-0.4, -0.2) is 14.9 Å². The second-order valence-corrected chi connectivity index (χ2v) is 7.58. The van der Waals surface area contributed by atoms with Crippen LogP contribution in [0.2, 0.25) is 0 Å². The normalized spacial score (nSPS) is 11.5. The Morgan fingerprint density at radius 1 is 0.935 bits per heavy atom. The van der Waals surface area contributed by atoms with Crippen molar-refractivity contribution in [1.82, 2.24) is 9.78 Å². The fraction of sp³-hybridized carbons (Fsp3) is 0.125. The van der Waals surface area contributed by atoms with Gasteiger partial charge in [-0.05, 0) is 62.2 Å². The minimum absolute atomic E-state index is 0.0396. The molecule has 0 bridgehead atoms. The molecule has 0 spiro atoms. The molecule has 0 aliphatic carbocycles. The standard InChI is InChI=1S/C24H18N2O5/c1-12-5-4-6-16-22(28)21(24(29)31-23(12)16)18-10-14(3)25-26(18)17-11-15-7-8-20(27)30-19(15)9-13(17)2/h4-11,28H,1-3H3. The molecular formula is C24H18N2O5. The van der Waals surface area contributed by atoms with E-state index in [-0.39, 0.29) is 11.3 Å². The molecule has 3 heterocycles. The maximum atomic E-state index is 12.9. The van der Waals surface area contributed by atoms with Crippen molar-refractivity contribution in [3.05, 3.63) is 86.2 Å². The highest BCUT2D eigenvalue weighted by Gasteiger charge is 2.22. The van der Waals surface area contributed by atoms with Crippen LogP contribution in [0.25, 0.3) is 38.9 Å². The van der Waals surface area contributed by atoms with Gasteiger partial charge < -0.3 is 13.9 Å². The molecule has 2 aromatic carbocycles. The van der Waals surface area contributed by atoms with Crippen LogP contribution in [-0.2, 0) is 0 Å². The van der Waals surface area contributed by atoms with Gasteiger partial charge in [-0.1, -0.05) is 12.1 Å². The number of aryl methyl sites for hydroxylation is 3. The molecule has 5 aromatic rings. The van der Waals surface area contributed by atoms with Gasteiger partial charge in [-0.15, -0.1) is 0 Å². The maximum Gasteiger partial charge on any atom is 0.349 e. The number of aromatic hydroxyl groups is 1. The third-order valence-corrected chi connectivity index (χ3v) is 5.36. The molecule has 0 fully saturated rings. The first-order valence-corrected chi connectivity index (χ1v) is 9.71. The lowest BCUT2D eigenvalue weighted by Gasteiger charge is -2.13. The Hall–Kier alpha value is -4.13. The van der Waals surface area contributed by atoms with Gasteiger partial charge in [0, 0.05) is 11.5 Å². The lowest BCUT2D eigenvalue weighted by molar-refractivity contribution is 0.470. The first-order valence-electron chi connectivity index (χ1n) is 9.71. The molecule has 0 amide bonds. The zero-order chi connectivity index (χ0) is 21.9. The van der Waals surface area contributed by atoms with Crippen molar-refractivity contribution in [2.75, 3.05) is 0 Å². The summed E-state index contributed by atoms with van der Waals surface area (Å²) in [6.45, 7) is 5.48. The summed E-state index contributed by atoms with van der Waals surface area (Å²) in [4.78, 5) is 24.5. The summed E-state index contributed by atoms with van der Waals surface area (Å²) in [6.07, 6.45) is 0. The maximum absolute atomic E-state index is 12.9. The van der Waals surface area contributed by atoms with Crippen LogP contribution in [0.3, 0.4) is 0 Å². The van der Waals surface area contributed by atoms with E-state index in [1.54, 1.807) is 41.9 Å². The van der Waals surface area contributed by atoms with Crippen LogP contribution < -0.4 is 11.3 Å². The fourth-order valence-electron chi connectivity index (χ4n) is 3.87. The number of fused-ring (bicyclic) bond motifs is 2. The molecule has 154 valence electrons. The van der Waals surface area contributed by atoms with Crippen molar-refractivity contribution in [2.45, 2.75) is 20.8 Å². The average molecular weight is 414 g/mol. The number of hydrogen-bond acceptors (Lipinski definition) is 6. The first-order chi connectivity index (χ1) is 14.8. The quantitative estimate of drug-likeness (QED) is 0.430. The molecule has 0 radical (unpaired) electrons. The zero-order valence-corrected chi connectivity index (χ0v) is 17.1. The van der Waals surface area contributed by atoms with Gasteiger partial charge in [0.1, 0.15) is 22.5 Å². The van der Waals surface area contributed by atoms with E-state index >= 15 is 0 Å². The molecule has 5 rings (SSSR count). The minimum atomic E-state index is -0.648. The number of aromatic nitrogens is 2. The minimum Gasteiger partial charge on any atom is -0.506 e. The largest absolute Gasteiger partial charge is 0.506 e. The van der Waals surface area contributed by atoms with Gasteiger partial charge >= 0.3 is 11.3 Å². The Morgan fingerprint density at radius 3 is 2.55 bits per heavy atom. The zero-order valence-electron chi connectivity index (χ0n) is 17.1. The predicted octanol–water partition coefficient (Wildman–Crippen LogP) is 4.38. The van der Waals surface area contributed by atoms with Gasteiger partial charge in [-0.3, -0.25) is 0 Å². The molecule has 1 N–H and O–H groups in total. The number of benzene rings is 2. The highest BCUT2D eigenvalue weighted by Crippen LogP contribution is 2.36. The molecule has 3 aromatic heterocycles. The summed E-state index contributed by atoms with van der Waals surface area (Å²) in [7, 11) is 0. The van der Waals surface area contributed by atoms with Crippen LogP contribution >= 0.6 is 0 Å². The van der Waals surface area contributed by atoms with E-state index < -0.39 is 11.3 Å². The third kappa shape index (κ3) is 2.93. The highest BCUT2D eigenvalue weighted by atomic mass is 16.4. The lowest BCUT2D eigenvalue weighted by atomic mass is 10.1. The van der Waals surface area contributed by atoms with E-state index in [1.807, 2.05) is 26.0 Å². The third-order valence-electron chi connectivity index (χ3n) is 5.36. The van der Waals surface area contributed by atoms with Gasteiger partial charge in [-0.25, -0.2) is 14.3 Å². The van der Waals surface area contributed by atoms with E-state index in [4.69, 9.17) is 8.83 Å². The molecule has 0 unspecified atom stereocenters. The van der Waals surface area contributed by atoms with Crippen LogP contribution in [0.5, 0.6) is 5.75 Å². The number of rotatable bonds is 2. The smallest absolute Gasteiger partial charge is 0.349 e. The van der Waals surface area contributed by atoms with Crippen molar-refractivity contribution in [3.8, 4) is 22.7 Å². The van der Waals surface area contributed by atoms with Gasteiger partial charge in [0.2, 0.25) is 0 Å². The predicted molar refractivity (Wildman–Crippen MR) is 117 cm³/mol. The van der Waals surface area contributed by atoms with Crippen LogP contribution in [0.1, 0.15) is 16.8 Å². The molecule has 0 saturated heterocycles. The van der Waals surface area contributed by atoms with E-state index in [0.717, 1.165) is 11.1 Å². The Kier molecular flexibility index (Phi) is 4.08. The fourth-order valence-corrected chi connectivity index (χ4v) is 3.87. The SMILES string of the molecule is Cc1cc(-c2c(O)c3cccc(C)c3oc2=O)n(-c2cc3ccc(=O)oc3cc2C)n1.